The van der Waals surface area contributed by atoms with E-state index >= 15 is 0 Å². The fourth-order valence-corrected chi connectivity index (χ4v) is 3.91. The summed E-state index contributed by atoms with van der Waals surface area (Å²) in [5.74, 6) is 1.03. The molecule has 158 valence electrons. The summed E-state index contributed by atoms with van der Waals surface area (Å²) in [7, 11) is 0. The molecular formula is C24H28N2O4. The Hall–Kier alpha value is -3.02. The molecule has 0 saturated carbocycles. The molecule has 1 amide bonds. The second kappa shape index (κ2) is 9.65. The molecule has 2 aromatic rings. The number of fused-ring (bicyclic) bond motifs is 1. The topological polar surface area (TPSA) is 67.9 Å². The van der Waals surface area contributed by atoms with E-state index in [1.165, 1.54) is 19.3 Å². The molecule has 6 heteroatoms. The Morgan fingerprint density at radius 2 is 1.63 bits per heavy atom. The van der Waals surface area contributed by atoms with Crippen molar-refractivity contribution in [1.82, 2.24) is 0 Å². The number of amides is 1. The van der Waals surface area contributed by atoms with Crippen LogP contribution in [0.1, 0.15) is 48.9 Å². The van der Waals surface area contributed by atoms with Gasteiger partial charge in [0.25, 0.3) is 0 Å². The molecule has 0 atom stereocenters. The number of rotatable bonds is 6. The number of hydrogen-bond donors (Lipinski definition) is 1. The van der Waals surface area contributed by atoms with E-state index in [0.717, 1.165) is 30.9 Å². The lowest BCUT2D eigenvalue weighted by molar-refractivity contribution is -0.116. The van der Waals surface area contributed by atoms with Crippen LogP contribution in [-0.2, 0) is 4.79 Å². The van der Waals surface area contributed by atoms with Gasteiger partial charge in [0.15, 0.2) is 17.3 Å². The van der Waals surface area contributed by atoms with Gasteiger partial charge in [-0.3, -0.25) is 9.59 Å². The highest BCUT2D eigenvalue weighted by Crippen LogP contribution is 2.31. The lowest BCUT2D eigenvalue weighted by Gasteiger charge is -2.30. The zero-order valence-electron chi connectivity index (χ0n) is 17.2. The van der Waals surface area contributed by atoms with Gasteiger partial charge in [0.05, 0.1) is 24.6 Å². The minimum absolute atomic E-state index is 0.0786. The van der Waals surface area contributed by atoms with Gasteiger partial charge in [-0.05, 0) is 49.6 Å². The summed E-state index contributed by atoms with van der Waals surface area (Å²) in [5.41, 5.74) is 2.41. The molecule has 0 spiro atoms. The Morgan fingerprint density at radius 3 is 2.47 bits per heavy atom. The van der Waals surface area contributed by atoms with Crippen LogP contribution in [0.2, 0.25) is 0 Å². The zero-order chi connectivity index (χ0) is 20.8. The summed E-state index contributed by atoms with van der Waals surface area (Å²) in [6.45, 7) is 3.20. The van der Waals surface area contributed by atoms with Gasteiger partial charge in [0, 0.05) is 37.9 Å². The lowest BCUT2D eigenvalue weighted by atomic mass is 10.1. The Bertz CT molecular complexity index is 906. The number of hydrogen-bond acceptors (Lipinski definition) is 5. The highest BCUT2D eigenvalue weighted by Gasteiger charge is 2.17. The summed E-state index contributed by atoms with van der Waals surface area (Å²) in [5, 5.41) is 3.00. The third-order valence-corrected chi connectivity index (χ3v) is 5.52. The number of benzene rings is 2. The average molecular weight is 408 g/mol. The maximum Gasteiger partial charge on any atom is 0.224 e. The molecule has 4 rings (SSSR count). The number of nitrogens with zero attached hydrogens (tertiary/aromatic N) is 1. The quantitative estimate of drug-likeness (QED) is 0.716. The summed E-state index contributed by atoms with van der Waals surface area (Å²) in [4.78, 5) is 27.5. The van der Waals surface area contributed by atoms with Crippen LogP contribution >= 0.6 is 0 Å². The Labute approximate surface area is 177 Å². The standard InChI is InChI=1S/C24H28N2O4/c27-21(18-9-11-22-23(17-18)30-16-6-15-29-22)10-12-24(28)25-19-7-2-3-8-20(19)26-13-4-1-5-14-26/h2-3,7-9,11,17H,1,4-6,10,12-16H2,(H,25,28). The molecule has 1 saturated heterocycles. The molecule has 0 aromatic heterocycles. The Balaban J connectivity index is 1.35. The number of ether oxygens (including phenoxy) is 2. The van der Waals surface area contributed by atoms with Gasteiger partial charge in [-0.25, -0.2) is 0 Å². The zero-order valence-corrected chi connectivity index (χ0v) is 17.2. The molecule has 30 heavy (non-hydrogen) atoms. The molecule has 2 aliphatic rings. The van der Waals surface area contributed by atoms with Gasteiger partial charge in [-0.15, -0.1) is 0 Å². The third-order valence-electron chi connectivity index (χ3n) is 5.52. The van der Waals surface area contributed by atoms with Crippen LogP contribution in [0.25, 0.3) is 0 Å². The molecule has 0 radical (unpaired) electrons. The SMILES string of the molecule is O=C(CCC(=O)c1ccc2c(c1)OCCCO2)Nc1ccccc1N1CCCCC1. The first kappa shape index (κ1) is 20.3. The minimum Gasteiger partial charge on any atom is -0.490 e. The van der Waals surface area contributed by atoms with Gasteiger partial charge in [0.1, 0.15) is 0 Å². The van der Waals surface area contributed by atoms with E-state index in [1.54, 1.807) is 18.2 Å². The summed E-state index contributed by atoms with van der Waals surface area (Å²) in [6.07, 6.45) is 4.71. The molecule has 1 fully saturated rings. The average Bonchev–Trinajstić information content (AvgIpc) is 3.03. The van der Waals surface area contributed by atoms with Crippen molar-refractivity contribution < 1.29 is 19.1 Å². The van der Waals surface area contributed by atoms with Crippen molar-refractivity contribution in [2.24, 2.45) is 0 Å². The van der Waals surface area contributed by atoms with E-state index < -0.39 is 0 Å². The first-order valence-electron chi connectivity index (χ1n) is 10.8. The van der Waals surface area contributed by atoms with Gasteiger partial charge in [-0.1, -0.05) is 12.1 Å². The Morgan fingerprint density at radius 1 is 0.867 bits per heavy atom. The van der Waals surface area contributed by atoms with Crippen molar-refractivity contribution in [3.8, 4) is 11.5 Å². The van der Waals surface area contributed by atoms with E-state index in [2.05, 4.69) is 10.2 Å². The van der Waals surface area contributed by atoms with E-state index in [9.17, 15) is 9.59 Å². The number of carbonyl (C=O) groups is 2. The largest absolute Gasteiger partial charge is 0.490 e. The highest BCUT2D eigenvalue weighted by molar-refractivity contribution is 6.01. The van der Waals surface area contributed by atoms with Crippen LogP contribution in [0.4, 0.5) is 11.4 Å². The van der Waals surface area contributed by atoms with Crippen molar-refractivity contribution in [1.29, 1.82) is 0 Å². The molecule has 0 unspecified atom stereocenters. The molecule has 6 nitrogen and oxygen atoms in total. The van der Waals surface area contributed by atoms with E-state index in [1.807, 2.05) is 24.3 Å². The first-order valence-corrected chi connectivity index (χ1v) is 10.8. The first-order chi connectivity index (χ1) is 14.7. The van der Waals surface area contributed by atoms with E-state index in [-0.39, 0.29) is 24.5 Å². The predicted octanol–water partition coefficient (Wildman–Crippen LogP) is 4.44. The number of piperidine rings is 1. The van der Waals surface area contributed by atoms with E-state index in [0.29, 0.717) is 30.3 Å². The second-order valence-corrected chi connectivity index (χ2v) is 7.75. The molecular weight excluding hydrogens is 380 g/mol. The smallest absolute Gasteiger partial charge is 0.224 e. The summed E-state index contributed by atoms with van der Waals surface area (Å²) in [6, 6.07) is 13.1. The predicted molar refractivity (Wildman–Crippen MR) is 117 cm³/mol. The fourth-order valence-electron chi connectivity index (χ4n) is 3.91. The van der Waals surface area contributed by atoms with Crippen molar-refractivity contribution in [3.63, 3.8) is 0 Å². The number of anilines is 2. The van der Waals surface area contributed by atoms with Crippen molar-refractivity contribution in [2.45, 2.75) is 38.5 Å². The normalized spacial score (nSPS) is 15.9. The van der Waals surface area contributed by atoms with Crippen LogP contribution in [0, 0.1) is 0 Å². The molecule has 0 aliphatic carbocycles. The van der Waals surface area contributed by atoms with Gasteiger partial charge in [0.2, 0.25) is 5.91 Å². The van der Waals surface area contributed by atoms with E-state index in [4.69, 9.17) is 9.47 Å². The van der Waals surface area contributed by atoms with Crippen LogP contribution in [-0.4, -0.2) is 38.0 Å². The molecule has 2 heterocycles. The van der Waals surface area contributed by atoms with Crippen LogP contribution in [0.3, 0.4) is 0 Å². The maximum absolute atomic E-state index is 12.6. The number of nitrogens with one attached hydrogen (secondary N) is 1. The van der Waals surface area contributed by atoms with Crippen LogP contribution in [0.5, 0.6) is 11.5 Å². The number of ketones is 1. The maximum atomic E-state index is 12.6. The number of para-hydroxylation sites is 2. The third kappa shape index (κ3) is 4.93. The Kier molecular flexibility index (Phi) is 6.52. The monoisotopic (exact) mass is 408 g/mol. The summed E-state index contributed by atoms with van der Waals surface area (Å²) < 4.78 is 11.3. The van der Waals surface area contributed by atoms with Gasteiger partial charge in [-0.2, -0.15) is 0 Å². The van der Waals surface area contributed by atoms with Crippen LogP contribution < -0.4 is 19.7 Å². The lowest BCUT2D eigenvalue weighted by Crippen LogP contribution is -2.30. The summed E-state index contributed by atoms with van der Waals surface area (Å²) >= 11 is 0. The number of carbonyl (C=O) groups excluding carboxylic acids is 2. The van der Waals surface area contributed by atoms with Gasteiger partial charge >= 0.3 is 0 Å². The fraction of sp³-hybridized carbons (Fsp3) is 0.417. The van der Waals surface area contributed by atoms with Crippen molar-refractivity contribution in [3.05, 3.63) is 48.0 Å². The highest BCUT2D eigenvalue weighted by atomic mass is 16.5. The molecule has 2 aliphatic heterocycles. The van der Waals surface area contributed by atoms with Crippen molar-refractivity contribution >= 4 is 23.1 Å². The molecule has 0 bridgehead atoms. The molecule has 1 N–H and O–H groups in total. The number of Topliss-reactive ketones (excluding diaryl/α,β-unsaturated/α-hetero) is 1. The second-order valence-electron chi connectivity index (χ2n) is 7.75. The van der Waals surface area contributed by atoms with Crippen molar-refractivity contribution in [2.75, 3.05) is 36.5 Å². The minimum atomic E-state index is -0.151. The van der Waals surface area contributed by atoms with Gasteiger partial charge < -0.3 is 19.7 Å². The molecule has 2 aromatic carbocycles. The van der Waals surface area contributed by atoms with Crippen LogP contribution in [0.15, 0.2) is 42.5 Å².